The Balaban J connectivity index is 1.53. The van der Waals surface area contributed by atoms with Crippen LogP contribution in [0.1, 0.15) is 18.9 Å². The second kappa shape index (κ2) is 8.05. The first kappa shape index (κ1) is 19.6. The zero-order valence-corrected chi connectivity index (χ0v) is 17.2. The number of anilines is 1. The Morgan fingerprint density at radius 3 is 2.97 bits per heavy atom. The number of rotatable bonds is 4. The Hall–Kier alpha value is -3.37. The van der Waals surface area contributed by atoms with Gasteiger partial charge >= 0.3 is 0 Å². The number of hydrogen-bond acceptors (Lipinski definition) is 7. The van der Waals surface area contributed by atoms with Crippen molar-refractivity contribution in [1.82, 2.24) is 40.3 Å². The van der Waals surface area contributed by atoms with E-state index in [0.29, 0.717) is 11.6 Å². The van der Waals surface area contributed by atoms with E-state index in [1.165, 1.54) is 16.8 Å². The highest BCUT2D eigenvalue weighted by atomic mass is 35.5. The number of aromatic nitrogens is 7. The number of tetrazole rings is 1. The number of pyridine rings is 1. The lowest BCUT2D eigenvalue weighted by Crippen LogP contribution is -2.31. The summed E-state index contributed by atoms with van der Waals surface area (Å²) in [6.45, 7) is 1.93. The summed E-state index contributed by atoms with van der Waals surface area (Å²) in [4.78, 5) is 4.31. The number of nitrogens with one attached hydrogen (secondary N) is 1. The predicted molar refractivity (Wildman–Crippen MR) is 114 cm³/mol. The van der Waals surface area contributed by atoms with Crippen LogP contribution in [0.5, 0.6) is 0 Å². The van der Waals surface area contributed by atoms with Crippen molar-refractivity contribution < 1.29 is 4.39 Å². The molecule has 0 saturated carbocycles. The Morgan fingerprint density at radius 1 is 1.23 bits per heavy atom. The SMILES string of the molecule is Nc1ncc(-c2cnn([C@H]3CCCNC3)c2)cc1-c1nnnn1-c1cccc(Cl)c1F. The number of hydrogen-bond donors (Lipinski definition) is 2. The Kier molecular flexibility index (Phi) is 5.08. The van der Waals surface area contributed by atoms with Gasteiger partial charge in [0.15, 0.2) is 11.6 Å². The molecular weight excluding hydrogens is 421 g/mol. The van der Waals surface area contributed by atoms with E-state index in [-0.39, 0.29) is 22.4 Å². The molecule has 0 aliphatic carbocycles. The maximum atomic E-state index is 14.6. The van der Waals surface area contributed by atoms with Gasteiger partial charge in [0.1, 0.15) is 11.5 Å². The summed E-state index contributed by atoms with van der Waals surface area (Å²) >= 11 is 5.92. The van der Waals surface area contributed by atoms with Crippen LogP contribution in [-0.4, -0.2) is 48.1 Å². The summed E-state index contributed by atoms with van der Waals surface area (Å²) < 4.78 is 17.8. The minimum absolute atomic E-state index is 0.0246. The summed E-state index contributed by atoms with van der Waals surface area (Å²) in [5.41, 5.74) is 8.43. The highest BCUT2D eigenvalue weighted by Gasteiger charge is 2.20. The monoisotopic (exact) mass is 439 g/mol. The number of halogens is 2. The molecule has 1 aromatic carbocycles. The lowest BCUT2D eigenvalue weighted by molar-refractivity contribution is 0.347. The first-order chi connectivity index (χ1) is 15.1. The molecule has 0 radical (unpaired) electrons. The zero-order chi connectivity index (χ0) is 21.4. The van der Waals surface area contributed by atoms with E-state index in [2.05, 4.69) is 30.9 Å². The maximum absolute atomic E-state index is 14.6. The molecule has 1 atom stereocenters. The molecule has 3 N–H and O–H groups in total. The molecule has 1 fully saturated rings. The third-order valence-electron chi connectivity index (χ3n) is 5.37. The molecule has 0 bridgehead atoms. The largest absolute Gasteiger partial charge is 0.383 e. The van der Waals surface area contributed by atoms with Gasteiger partial charge in [0.25, 0.3) is 0 Å². The van der Waals surface area contributed by atoms with Crippen LogP contribution in [0.2, 0.25) is 5.02 Å². The summed E-state index contributed by atoms with van der Waals surface area (Å²) in [6.07, 6.45) is 7.67. The summed E-state index contributed by atoms with van der Waals surface area (Å²) in [5, 5.41) is 19.6. The van der Waals surface area contributed by atoms with E-state index in [4.69, 9.17) is 17.3 Å². The zero-order valence-electron chi connectivity index (χ0n) is 16.4. The Bertz CT molecular complexity index is 1230. The molecule has 1 aliphatic heterocycles. The first-order valence-corrected chi connectivity index (χ1v) is 10.2. The molecule has 4 heterocycles. The summed E-state index contributed by atoms with van der Waals surface area (Å²) in [7, 11) is 0. The van der Waals surface area contributed by atoms with Crippen molar-refractivity contribution in [2.24, 2.45) is 0 Å². The molecule has 5 rings (SSSR count). The van der Waals surface area contributed by atoms with Gasteiger partial charge in [-0.05, 0) is 48.0 Å². The van der Waals surface area contributed by atoms with Crippen LogP contribution in [0, 0.1) is 5.82 Å². The fourth-order valence-electron chi connectivity index (χ4n) is 3.73. The van der Waals surface area contributed by atoms with Crippen molar-refractivity contribution in [3.8, 4) is 28.2 Å². The van der Waals surface area contributed by atoms with Gasteiger partial charge < -0.3 is 11.1 Å². The van der Waals surface area contributed by atoms with Crippen LogP contribution in [0.4, 0.5) is 10.2 Å². The molecule has 1 saturated heterocycles. The van der Waals surface area contributed by atoms with Crippen molar-refractivity contribution in [1.29, 1.82) is 0 Å². The molecule has 11 heteroatoms. The molecule has 158 valence electrons. The average molecular weight is 440 g/mol. The van der Waals surface area contributed by atoms with Gasteiger partial charge in [-0.3, -0.25) is 4.68 Å². The number of benzene rings is 1. The van der Waals surface area contributed by atoms with Gasteiger partial charge in [-0.25, -0.2) is 9.37 Å². The highest BCUT2D eigenvalue weighted by Crippen LogP contribution is 2.31. The standard InChI is InChI=1S/C20H19ClFN9/c21-16-4-1-5-17(18(16)22)31-20(27-28-29-31)15-7-12(8-25-19(15)23)13-9-26-30(11-13)14-3-2-6-24-10-14/h1,4-5,7-9,11,14,24H,2-3,6,10H2,(H2,23,25)/t14-/m0/s1. The van der Waals surface area contributed by atoms with Crippen LogP contribution in [0.15, 0.2) is 42.9 Å². The smallest absolute Gasteiger partial charge is 0.190 e. The highest BCUT2D eigenvalue weighted by molar-refractivity contribution is 6.30. The molecule has 0 spiro atoms. The molecule has 4 aromatic rings. The molecule has 31 heavy (non-hydrogen) atoms. The Labute approximate surface area is 182 Å². The van der Waals surface area contributed by atoms with E-state index in [1.807, 2.05) is 16.9 Å². The molecule has 0 unspecified atom stereocenters. The van der Waals surface area contributed by atoms with Gasteiger partial charge in [0.2, 0.25) is 0 Å². The van der Waals surface area contributed by atoms with Crippen molar-refractivity contribution >= 4 is 17.4 Å². The number of nitrogens with two attached hydrogens (primary N) is 1. The predicted octanol–water partition coefficient (Wildman–Crippen LogP) is 2.89. The number of nitrogen functional groups attached to an aromatic ring is 1. The van der Waals surface area contributed by atoms with E-state index in [1.54, 1.807) is 18.5 Å². The fraction of sp³-hybridized carbons (Fsp3) is 0.250. The van der Waals surface area contributed by atoms with Crippen LogP contribution >= 0.6 is 11.6 Å². The van der Waals surface area contributed by atoms with Crippen molar-refractivity contribution in [2.45, 2.75) is 18.9 Å². The van der Waals surface area contributed by atoms with Gasteiger partial charge in [-0.15, -0.1) is 5.10 Å². The summed E-state index contributed by atoms with van der Waals surface area (Å²) in [5.74, 6) is -0.134. The number of piperidine rings is 1. The quantitative estimate of drug-likeness (QED) is 0.502. The van der Waals surface area contributed by atoms with E-state index < -0.39 is 5.82 Å². The van der Waals surface area contributed by atoms with Gasteiger partial charge in [-0.2, -0.15) is 9.78 Å². The minimum atomic E-state index is -0.622. The Morgan fingerprint density at radius 2 is 2.13 bits per heavy atom. The van der Waals surface area contributed by atoms with Crippen LogP contribution in [0.3, 0.4) is 0 Å². The topological polar surface area (TPSA) is 112 Å². The first-order valence-electron chi connectivity index (χ1n) is 9.85. The van der Waals surface area contributed by atoms with Crippen LogP contribution in [0.25, 0.3) is 28.2 Å². The lowest BCUT2D eigenvalue weighted by Gasteiger charge is -2.22. The van der Waals surface area contributed by atoms with E-state index in [0.717, 1.165) is 37.1 Å². The van der Waals surface area contributed by atoms with Crippen LogP contribution in [-0.2, 0) is 0 Å². The molecule has 0 amide bonds. The van der Waals surface area contributed by atoms with Crippen molar-refractivity contribution in [2.75, 3.05) is 18.8 Å². The molecule has 1 aliphatic rings. The second-order valence-corrected chi connectivity index (χ2v) is 7.76. The van der Waals surface area contributed by atoms with Gasteiger partial charge in [0, 0.05) is 30.1 Å². The molecule has 3 aromatic heterocycles. The minimum Gasteiger partial charge on any atom is -0.383 e. The fourth-order valence-corrected chi connectivity index (χ4v) is 3.90. The van der Waals surface area contributed by atoms with E-state index >= 15 is 0 Å². The normalized spacial score (nSPS) is 16.5. The second-order valence-electron chi connectivity index (χ2n) is 7.35. The molecular formula is C20H19ClFN9. The van der Waals surface area contributed by atoms with Gasteiger partial charge in [0.05, 0.1) is 22.8 Å². The number of nitrogens with zero attached hydrogens (tertiary/aromatic N) is 7. The van der Waals surface area contributed by atoms with Gasteiger partial charge in [-0.1, -0.05) is 17.7 Å². The lowest BCUT2D eigenvalue weighted by atomic mass is 10.1. The third-order valence-corrected chi connectivity index (χ3v) is 5.66. The van der Waals surface area contributed by atoms with E-state index in [9.17, 15) is 4.39 Å². The average Bonchev–Trinajstić information content (AvgIpc) is 3.47. The van der Waals surface area contributed by atoms with Crippen molar-refractivity contribution in [3.63, 3.8) is 0 Å². The third kappa shape index (κ3) is 3.64. The van der Waals surface area contributed by atoms with Crippen LogP contribution < -0.4 is 11.1 Å². The summed E-state index contributed by atoms with van der Waals surface area (Å²) in [6, 6.07) is 6.77. The van der Waals surface area contributed by atoms with Crippen molar-refractivity contribution in [3.05, 3.63) is 53.7 Å². The molecule has 9 nitrogen and oxygen atoms in total. The maximum Gasteiger partial charge on any atom is 0.190 e.